The molecule has 3 rings (SSSR count). The van der Waals surface area contributed by atoms with Crippen LogP contribution < -0.4 is 14.3 Å². The molecule has 6 nitrogen and oxygen atoms in total. The standard InChI is InChI=1S/C23H28N2O4S/c1-6-29-12-11-25-21-18(27-4)9-10-19(28-5)22(21)30-23(25)24-20(26)14-17-13-15(2)7-8-16(17)3/h7-10,13H,6,11-12,14H2,1-5H3. The Morgan fingerprint density at radius 2 is 1.83 bits per heavy atom. The highest BCUT2D eigenvalue weighted by molar-refractivity contribution is 7.16. The summed E-state index contributed by atoms with van der Waals surface area (Å²) in [6, 6.07) is 9.87. The Bertz CT molecular complexity index is 1110. The van der Waals surface area contributed by atoms with Gasteiger partial charge in [0.05, 0.1) is 27.2 Å². The van der Waals surface area contributed by atoms with Gasteiger partial charge in [-0.3, -0.25) is 4.79 Å². The molecule has 7 heteroatoms. The summed E-state index contributed by atoms with van der Waals surface area (Å²) in [5, 5.41) is 0. The van der Waals surface area contributed by atoms with Crippen molar-refractivity contribution in [2.24, 2.45) is 4.99 Å². The van der Waals surface area contributed by atoms with Crippen LogP contribution in [0.3, 0.4) is 0 Å². The van der Waals surface area contributed by atoms with Crippen molar-refractivity contribution in [1.29, 1.82) is 0 Å². The fourth-order valence-electron chi connectivity index (χ4n) is 3.35. The average Bonchev–Trinajstić information content (AvgIpc) is 3.08. The second kappa shape index (κ2) is 9.91. The van der Waals surface area contributed by atoms with Crippen molar-refractivity contribution in [3.8, 4) is 11.5 Å². The smallest absolute Gasteiger partial charge is 0.252 e. The zero-order valence-electron chi connectivity index (χ0n) is 18.2. The normalized spacial score (nSPS) is 11.8. The van der Waals surface area contributed by atoms with Crippen LogP contribution in [0.25, 0.3) is 10.2 Å². The van der Waals surface area contributed by atoms with Crippen LogP contribution in [0.1, 0.15) is 23.6 Å². The maximum atomic E-state index is 12.8. The van der Waals surface area contributed by atoms with E-state index >= 15 is 0 Å². The van der Waals surface area contributed by atoms with Crippen molar-refractivity contribution in [2.45, 2.75) is 33.7 Å². The van der Waals surface area contributed by atoms with Crippen LogP contribution in [0.15, 0.2) is 35.3 Å². The van der Waals surface area contributed by atoms with Gasteiger partial charge < -0.3 is 18.8 Å². The van der Waals surface area contributed by atoms with Gasteiger partial charge in [-0.05, 0) is 44.0 Å². The second-order valence-electron chi connectivity index (χ2n) is 6.99. The summed E-state index contributed by atoms with van der Waals surface area (Å²) in [6.45, 7) is 7.70. The summed E-state index contributed by atoms with van der Waals surface area (Å²) in [4.78, 5) is 17.9. The number of hydrogen-bond acceptors (Lipinski definition) is 5. The number of fused-ring (bicyclic) bond motifs is 1. The van der Waals surface area contributed by atoms with Crippen molar-refractivity contribution in [1.82, 2.24) is 4.57 Å². The van der Waals surface area contributed by atoms with E-state index in [4.69, 9.17) is 14.2 Å². The molecule has 0 saturated carbocycles. The zero-order valence-corrected chi connectivity index (χ0v) is 19.0. The van der Waals surface area contributed by atoms with Crippen molar-refractivity contribution >= 4 is 27.5 Å². The monoisotopic (exact) mass is 428 g/mol. The molecule has 0 bridgehead atoms. The number of carbonyl (C=O) groups is 1. The molecular formula is C23H28N2O4S. The van der Waals surface area contributed by atoms with Gasteiger partial charge in [0, 0.05) is 13.2 Å². The molecule has 3 aromatic rings. The number of aromatic nitrogens is 1. The molecule has 0 atom stereocenters. The van der Waals surface area contributed by atoms with Gasteiger partial charge in [0.2, 0.25) is 0 Å². The predicted molar refractivity (Wildman–Crippen MR) is 120 cm³/mol. The van der Waals surface area contributed by atoms with Gasteiger partial charge in [0.25, 0.3) is 5.91 Å². The van der Waals surface area contributed by atoms with Crippen molar-refractivity contribution in [3.05, 3.63) is 51.8 Å². The molecule has 0 aliphatic rings. The Balaban J connectivity index is 2.09. The Morgan fingerprint density at radius 1 is 1.10 bits per heavy atom. The lowest BCUT2D eigenvalue weighted by Crippen LogP contribution is -2.20. The van der Waals surface area contributed by atoms with Gasteiger partial charge in [-0.15, -0.1) is 0 Å². The van der Waals surface area contributed by atoms with Crippen LogP contribution in [0.5, 0.6) is 11.5 Å². The minimum Gasteiger partial charge on any atom is -0.495 e. The number of rotatable bonds is 8. The maximum absolute atomic E-state index is 12.8. The number of aryl methyl sites for hydroxylation is 2. The summed E-state index contributed by atoms with van der Waals surface area (Å²) >= 11 is 1.42. The first-order valence-electron chi connectivity index (χ1n) is 9.94. The number of amides is 1. The van der Waals surface area contributed by atoms with Crippen LogP contribution in [-0.2, 0) is 22.5 Å². The van der Waals surface area contributed by atoms with E-state index in [9.17, 15) is 4.79 Å². The lowest BCUT2D eigenvalue weighted by atomic mass is 10.0. The molecule has 0 spiro atoms. The van der Waals surface area contributed by atoms with Crippen LogP contribution in [0, 0.1) is 13.8 Å². The summed E-state index contributed by atoms with van der Waals surface area (Å²) in [6.07, 6.45) is 0.265. The molecule has 160 valence electrons. The van der Waals surface area contributed by atoms with Crippen LogP contribution in [0.2, 0.25) is 0 Å². The molecule has 0 fully saturated rings. The Morgan fingerprint density at radius 3 is 2.53 bits per heavy atom. The number of carbonyl (C=O) groups excluding carboxylic acids is 1. The van der Waals surface area contributed by atoms with Crippen LogP contribution >= 0.6 is 11.3 Å². The molecule has 0 aliphatic heterocycles. The summed E-state index contributed by atoms with van der Waals surface area (Å²) in [5.74, 6) is 1.25. The first kappa shape index (κ1) is 22.1. The fourth-order valence-corrected chi connectivity index (χ4v) is 4.53. The topological polar surface area (TPSA) is 62.1 Å². The van der Waals surface area contributed by atoms with Gasteiger partial charge in [-0.1, -0.05) is 35.1 Å². The largest absolute Gasteiger partial charge is 0.495 e. The number of thiazole rings is 1. The molecular weight excluding hydrogens is 400 g/mol. The van der Waals surface area contributed by atoms with Gasteiger partial charge in [-0.2, -0.15) is 4.99 Å². The van der Waals surface area contributed by atoms with Gasteiger partial charge >= 0.3 is 0 Å². The second-order valence-corrected chi connectivity index (χ2v) is 7.97. The third-order valence-corrected chi connectivity index (χ3v) is 6.02. The van der Waals surface area contributed by atoms with E-state index in [-0.39, 0.29) is 12.3 Å². The average molecular weight is 429 g/mol. The van der Waals surface area contributed by atoms with Gasteiger partial charge in [0.1, 0.15) is 21.7 Å². The number of nitrogens with zero attached hydrogens (tertiary/aromatic N) is 2. The summed E-state index contributed by atoms with van der Waals surface area (Å²) in [7, 11) is 3.27. The molecule has 0 N–H and O–H groups in total. The van der Waals surface area contributed by atoms with E-state index in [1.165, 1.54) is 11.3 Å². The lowest BCUT2D eigenvalue weighted by molar-refractivity contribution is -0.117. The third kappa shape index (κ3) is 4.74. The van der Waals surface area contributed by atoms with Crippen molar-refractivity contribution in [3.63, 3.8) is 0 Å². The SMILES string of the molecule is CCOCCn1c(=NC(=O)Cc2cc(C)ccc2C)sc2c(OC)ccc(OC)c21. The summed E-state index contributed by atoms with van der Waals surface area (Å²) in [5.41, 5.74) is 4.08. The Hall–Kier alpha value is -2.64. The molecule has 30 heavy (non-hydrogen) atoms. The van der Waals surface area contributed by atoms with E-state index in [0.29, 0.717) is 30.3 Å². The first-order chi connectivity index (χ1) is 14.5. The highest BCUT2D eigenvalue weighted by atomic mass is 32.1. The Kier molecular flexibility index (Phi) is 7.29. The van der Waals surface area contributed by atoms with E-state index in [1.807, 2.05) is 55.7 Å². The molecule has 2 aromatic carbocycles. The maximum Gasteiger partial charge on any atom is 0.252 e. The minimum absolute atomic E-state index is 0.182. The van der Waals surface area contributed by atoms with Crippen molar-refractivity contribution in [2.75, 3.05) is 27.4 Å². The van der Waals surface area contributed by atoms with E-state index in [0.717, 1.165) is 32.7 Å². The van der Waals surface area contributed by atoms with Crippen molar-refractivity contribution < 1.29 is 19.0 Å². The zero-order chi connectivity index (χ0) is 21.7. The van der Waals surface area contributed by atoms with Crippen LogP contribution in [0.4, 0.5) is 0 Å². The quantitative estimate of drug-likeness (QED) is 0.508. The molecule has 1 heterocycles. The number of hydrogen-bond donors (Lipinski definition) is 0. The van der Waals surface area contributed by atoms with Crippen LogP contribution in [-0.4, -0.2) is 37.9 Å². The minimum atomic E-state index is -0.182. The number of methoxy groups -OCH3 is 2. The third-order valence-electron chi connectivity index (χ3n) is 4.92. The van der Waals surface area contributed by atoms with E-state index in [2.05, 4.69) is 4.99 Å². The molecule has 1 amide bonds. The fraction of sp³-hybridized carbons (Fsp3) is 0.391. The molecule has 0 radical (unpaired) electrons. The molecule has 1 aromatic heterocycles. The Labute approximate surface area is 180 Å². The molecule has 0 saturated heterocycles. The highest BCUT2D eigenvalue weighted by Gasteiger charge is 2.17. The molecule has 0 aliphatic carbocycles. The van der Waals surface area contributed by atoms with E-state index in [1.54, 1.807) is 14.2 Å². The molecule has 0 unspecified atom stereocenters. The highest BCUT2D eigenvalue weighted by Crippen LogP contribution is 2.35. The number of ether oxygens (including phenoxy) is 3. The van der Waals surface area contributed by atoms with Gasteiger partial charge in [0.15, 0.2) is 4.80 Å². The predicted octanol–water partition coefficient (Wildman–Crippen LogP) is 4.04. The lowest BCUT2D eigenvalue weighted by Gasteiger charge is -2.10. The number of benzene rings is 2. The first-order valence-corrected chi connectivity index (χ1v) is 10.8. The van der Waals surface area contributed by atoms with E-state index < -0.39 is 0 Å². The summed E-state index contributed by atoms with van der Waals surface area (Å²) < 4.78 is 19.5. The van der Waals surface area contributed by atoms with Gasteiger partial charge in [-0.25, -0.2) is 0 Å².